The molecule has 0 aliphatic carbocycles. The monoisotopic (exact) mass is 281 g/mol. The maximum absolute atomic E-state index is 8.33. The summed E-state index contributed by atoms with van der Waals surface area (Å²) in [7, 11) is 0. The van der Waals surface area contributed by atoms with E-state index in [1.165, 1.54) is 0 Å². The van der Waals surface area contributed by atoms with E-state index in [2.05, 4.69) is 0 Å². The molecule has 34 valence electrons. The van der Waals surface area contributed by atoms with Crippen LogP contribution in [0.4, 0.5) is 4.79 Å². The van der Waals surface area contributed by atoms with Crippen molar-refractivity contribution in [2.45, 2.75) is 0 Å². The van der Waals surface area contributed by atoms with Crippen LogP contribution in [0.3, 0.4) is 0 Å². The Balaban J connectivity index is -0.0000000450. The van der Waals surface area contributed by atoms with Gasteiger partial charge in [0.05, 0.1) is 0 Å². The van der Waals surface area contributed by atoms with Crippen molar-refractivity contribution in [1.82, 2.24) is 0 Å². The molecule has 5 heteroatoms. The Morgan fingerprint density at radius 2 is 1.33 bits per heavy atom. The molecule has 0 aliphatic rings. The Hall–Kier alpha value is 0.776. The van der Waals surface area contributed by atoms with Crippen molar-refractivity contribution in [1.29, 1.82) is 0 Å². The minimum Gasteiger partial charge on any atom is -0.652 e. The van der Waals surface area contributed by atoms with Gasteiger partial charge < -0.3 is 15.0 Å². The first-order chi connectivity index (χ1) is 1.73. The van der Waals surface area contributed by atoms with Crippen molar-refractivity contribution in [3.8, 4) is 0 Å². The molecule has 0 aromatic carbocycles. The Labute approximate surface area is 66.4 Å². The SMILES string of the molecule is O=C([O-])[O-].[Au+].[Mg+2]. The van der Waals surface area contributed by atoms with Gasteiger partial charge in [-0.15, -0.1) is 0 Å². The number of carbonyl (C=O) groups is 1. The number of hydrogen-bond donors (Lipinski definition) is 0. The van der Waals surface area contributed by atoms with Crippen LogP contribution < -0.4 is 10.2 Å². The van der Waals surface area contributed by atoms with Crippen LogP contribution in [-0.4, -0.2) is 29.2 Å². The molecule has 0 amide bonds. The van der Waals surface area contributed by atoms with Crippen LogP contribution in [0.15, 0.2) is 0 Å². The third-order valence-electron chi connectivity index (χ3n) is 0. The Morgan fingerprint density at radius 1 is 1.33 bits per heavy atom. The molecule has 0 atom stereocenters. The number of hydrogen-bond acceptors (Lipinski definition) is 3. The number of carbonyl (C=O) groups excluding carboxylic acids is 1. The predicted molar refractivity (Wildman–Crippen MR) is 11.1 cm³/mol. The summed E-state index contributed by atoms with van der Waals surface area (Å²) >= 11 is 0. The molecule has 0 bridgehead atoms. The molecule has 0 saturated heterocycles. The van der Waals surface area contributed by atoms with Gasteiger partial charge in [0.1, 0.15) is 0 Å². The van der Waals surface area contributed by atoms with Crippen molar-refractivity contribution >= 4 is 29.2 Å². The first-order valence-corrected chi connectivity index (χ1v) is 0.612. The van der Waals surface area contributed by atoms with Gasteiger partial charge in [0.15, 0.2) is 0 Å². The molecular formula is CAuMgO3+. The normalized spacial score (nSPS) is 4.00. The third-order valence-corrected chi connectivity index (χ3v) is 0. The van der Waals surface area contributed by atoms with Crippen LogP contribution in [0.1, 0.15) is 0 Å². The van der Waals surface area contributed by atoms with Crippen molar-refractivity contribution in [3.63, 3.8) is 0 Å². The van der Waals surface area contributed by atoms with E-state index in [4.69, 9.17) is 15.0 Å². The van der Waals surface area contributed by atoms with Crippen LogP contribution in [0.5, 0.6) is 0 Å². The van der Waals surface area contributed by atoms with Gasteiger partial charge in [-0.05, 0) is 6.16 Å². The van der Waals surface area contributed by atoms with Gasteiger partial charge in [-0.2, -0.15) is 0 Å². The fraction of sp³-hybridized carbons (Fsp3) is 0. The van der Waals surface area contributed by atoms with Crippen molar-refractivity contribution < 1.29 is 37.4 Å². The quantitative estimate of drug-likeness (QED) is 0.450. The van der Waals surface area contributed by atoms with Crippen LogP contribution in [0.2, 0.25) is 0 Å². The van der Waals surface area contributed by atoms with Gasteiger partial charge >= 0.3 is 45.4 Å². The van der Waals surface area contributed by atoms with Gasteiger partial charge in [-0.25, -0.2) is 0 Å². The van der Waals surface area contributed by atoms with Crippen LogP contribution >= 0.6 is 0 Å². The topological polar surface area (TPSA) is 63.2 Å². The molecule has 0 fully saturated rings. The summed E-state index contributed by atoms with van der Waals surface area (Å²) in [6.45, 7) is 0. The van der Waals surface area contributed by atoms with Gasteiger partial charge in [0.2, 0.25) is 0 Å². The second-order valence-electron chi connectivity index (χ2n) is 0.250. The summed E-state index contributed by atoms with van der Waals surface area (Å²) in [5.41, 5.74) is 0. The molecule has 0 heterocycles. The maximum atomic E-state index is 8.33. The summed E-state index contributed by atoms with van der Waals surface area (Å²) in [6.07, 6.45) is -2.33. The van der Waals surface area contributed by atoms with E-state index in [9.17, 15) is 0 Å². The van der Waals surface area contributed by atoms with E-state index >= 15 is 0 Å². The first-order valence-electron chi connectivity index (χ1n) is 0.612. The van der Waals surface area contributed by atoms with E-state index in [-0.39, 0.29) is 45.4 Å². The molecule has 0 radical (unpaired) electrons. The first kappa shape index (κ1) is 15.9. The standard InChI is InChI=1S/CH2O3.Au.Mg/c2-1(3)4;;/h(H2,2,3,4);;/q;+1;+2/p-2. The zero-order valence-corrected chi connectivity index (χ0v) is 6.31. The Kier molecular flexibility index (Phi) is 24.4. The van der Waals surface area contributed by atoms with E-state index < -0.39 is 6.16 Å². The Morgan fingerprint density at radius 3 is 1.33 bits per heavy atom. The molecule has 3 nitrogen and oxygen atoms in total. The van der Waals surface area contributed by atoms with Crippen molar-refractivity contribution in [3.05, 3.63) is 0 Å². The molecule has 0 spiro atoms. The summed E-state index contributed by atoms with van der Waals surface area (Å²) in [4.78, 5) is 8.33. The van der Waals surface area contributed by atoms with E-state index in [0.717, 1.165) is 0 Å². The van der Waals surface area contributed by atoms with E-state index in [1.54, 1.807) is 0 Å². The van der Waals surface area contributed by atoms with Gasteiger partial charge in [-0.1, -0.05) is 0 Å². The summed E-state index contributed by atoms with van der Waals surface area (Å²) in [5, 5.41) is 16.7. The molecule has 0 N–H and O–H groups in total. The maximum Gasteiger partial charge on any atom is 2.00 e. The zero-order chi connectivity index (χ0) is 3.58. The zero-order valence-electron chi connectivity index (χ0n) is 2.73. The minimum atomic E-state index is -2.33. The number of rotatable bonds is 0. The second-order valence-corrected chi connectivity index (χ2v) is 0.250. The largest absolute Gasteiger partial charge is 2.00 e. The minimum absolute atomic E-state index is 0. The summed E-state index contributed by atoms with van der Waals surface area (Å²) in [6, 6.07) is 0. The third kappa shape index (κ3) is 113. The Bertz CT molecular complexity index is 33.8. The molecular weight excluding hydrogens is 281 g/mol. The molecule has 0 rings (SSSR count). The fourth-order valence-corrected chi connectivity index (χ4v) is 0. The van der Waals surface area contributed by atoms with Crippen LogP contribution in [-0.2, 0) is 22.4 Å². The van der Waals surface area contributed by atoms with Crippen molar-refractivity contribution in [2.24, 2.45) is 0 Å². The van der Waals surface area contributed by atoms with Crippen LogP contribution in [0, 0.1) is 0 Å². The van der Waals surface area contributed by atoms with Gasteiger partial charge in [0, 0.05) is 0 Å². The predicted octanol–water partition coefficient (Wildman–Crippen LogP) is -2.83. The molecule has 0 aromatic heterocycles. The smallest absolute Gasteiger partial charge is 0.652 e. The molecule has 0 aliphatic heterocycles. The van der Waals surface area contributed by atoms with Gasteiger partial charge in [0.25, 0.3) is 0 Å². The summed E-state index contributed by atoms with van der Waals surface area (Å²) < 4.78 is 0. The average Bonchev–Trinajstić information content (AvgIpc) is 0.811. The molecule has 6 heavy (non-hydrogen) atoms. The van der Waals surface area contributed by atoms with E-state index in [1.807, 2.05) is 0 Å². The van der Waals surface area contributed by atoms with Gasteiger partial charge in [-0.3, -0.25) is 0 Å². The second kappa shape index (κ2) is 9.24. The van der Waals surface area contributed by atoms with Crippen LogP contribution in [0.25, 0.3) is 0 Å². The fourth-order valence-electron chi connectivity index (χ4n) is 0. The van der Waals surface area contributed by atoms with E-state index in [0.29, 0.717) is 0 Å². The molecule has 0 unspecified atom stereocenters. The number of carboxylic acid groups (broad SMARTS) is 2. The average molecular weight is 281 g/mol. The van der Waals surface area contributed by atoms with Crippen molar-refractivity contribution in [2.75, 3.05) is 0 Å². The molecule has 0 saturated carbocycles. The molecule has 0 aromatic rings. The summed E-state index contributed by atoms with van der Waals surface area (Å²) in [5.74, 6) is 0.